The molecule has 2 aromatic carbocycles. The highest BCUT2D eigenvalue weighted by Crippen LogP contribution is 2.30. The SMILES string of the molecule is COc1ccc([C@]2(C)NC(=O)N(CC(=O)Nc3cccc(OC(F)(F)F)c3)C2=O)cc1. The molecule has 3 rings (SSSR count). The molecule has 1 saturated heterocycles. The first-order valence-corrected chi connectivity index (χ1v) is 8.96. The minimum Gasteiger partial charge on any atom is -0.497 e. The third-order valence-corrected chi connectivity index (χ3v) is 4.60. The third kappa shape index (κ3) is 4.87. The number of hydrogen-bond donors (Lipinski definition) is 2. The standard InChI is InChI=1S/C20H18F3N3O5/c1-19(12-6-8-14(30-2)9-7-12)17(28)26(18(29)25-19)11-16(27)24-13-4-3-5-15(10-13)31-20(21,22)23/h3-10H,11H2,1-2H3,(H,24,27)(H,25,29)/t19-/m0/s1. The van der Waals surface area contributed by atoms with E-state index in [4.69, 9.17) is 4.74 Å². The molecular weight excluding hydrogens is 419 g/mol. The van der Waals surface area contributed by atoms with E-state index in [1.165, 1.54) is 26.2 Å². The number of hydrogen-bond acceptors (Lipinski definition) is 5. The number of rotatable bonds is 6. The lowest BCUT2D eigenvalue weighted by Crippen LogP contribution is -2.42. The molecule has 0 aliphatic carbocycles. The van der Waals surface area contributed by atoms with Gasteiger partial charge in [-0.1, -0.05) is 18.2 Å². The van der Waals surface area contributed by atoms with Crippen molar-refractivity contribution >= 4 is 23.5 Å². The van der Waals surface area contributed by atoms with Gasteiger partial charge in [0, 0.05) is 11.8 Å². The molecule has 164 valence electrons. The van der Waals surface area contributed by atoms with E-state index in [0.717, 1.165) is 17.0 Å². The molecule has 11 heteroatoms. The molecule has 0 radical (unpaired) electrons. The van der Waals surface area contributed by atoms with Crippen LogP contribution in [-0.4, -0.2) is 42.8 Å². The summed E-state index contributed by atoms with van der Waals surface area (Å²) in [5.74, 6) is -1.37. The van der Waals surface area contributed by atoms with Crippen LogP contribution in [-0.2, 0) is 15.1 Å². The number of nitrogens with zero attached hydrogens (tertiary/aromatic N) is 1. The second-order valence-corrected chi connectivity index (χ2v) is 6.80. The molecule has 1 aliphatic rings. The van der Waals surface area contributed by atoms with Crippen LogP contribution in [0.3, 0.4) is 0 Å². The Morgan fingerprint density at radius 3 is 2.42 bits per heavy atom. The normalized spacial score (nSPS) is 18.5. The molecule has 0 aromatic heterocycles. The number of ether oxygens (including phenoxy) is 2. The van der Waals surface area contributed by atoms with Gasteiger partial charge < -0.3 is 20.1 Å². The molecule has 2 N–H and O–H groups in total. The molecule has 1 atom stereocenters. The summed E-state index contributed by atoms with van der Waals surface area (Å²) in [5.41, 5.74) is -0.882. The van der Waals surface area contributed by atoms with Crippen LogP contribution in [0.2, 0.25) is 0 Å². The van der Waals surface area contributed by atoms with Gasteiger partial charge in [0.15, 0.2) is 0 Å². The smallest absolute Gasteiger partial charge is 0.497 e. The third-order valence-electron chi connectivity index (χ3n) is 4.60. The highest BCUT2D eigenvalue weighted by molar-refractivity contribution is 6.10. The Balaban J connectivity index is 1.69. The molecule has 1 heterocycles. The van der Waals surface area contributed by atoms with Gasteiger partial charge in [0.1, 0.15) is 23.6 Å². The van der Waals surface area contributed by atoms with Crippen molar-refractivity contribution in [1.82, 2.24) is 10.2 Å². The van der Waals surface area contributed by atoms with Gasteiger partial charge >= 0.3 is 12.4 Å². The largest absolute Gasteiger partial charge is 0.573 e. The molecule has 31 heavy (non-hydrogen) atoms. The number of halogens is 3. The number of alkyl halides is 3. The van der Waals surface area contributed by atoms with E-state index in [1.807, 2.05) is 0 Å². The Morgan fingerprint density at radius 2 is 1.81 bits per heavy atom. The van der Waals surface area contributed by atoms with Gasteiger partial charge in [-0.05, 0) is 36.8 Å². The first kappa shape index (κ1) is 21.9. The lowest BCUT2D eigenvalue weighted by atomic mass is 9.92. The summed E-state index contributed by atoms with van der Waals surface area (Å²) in [5, 5.41) is 4.90. The lowest BCUT2D eigenvalue weighted by molar-refractivity contribution is -0.274. The zero-order valence-corrected chi connectivity index (χ0v) is 16.4. The van der Waals surface area contributed by atoms with Crippen LogP contribution in [0.1, 0.15) is 12.5 Å². The summed E-state index contributed by atoms with van der Waals surface area (Å²) in [6, 6.07) is 10.4. The number of amides is 4. The fourth-order valence-electron chi connectivity index (χ4n) is 3.08. The molecule has 0 bridgehead atoms. The van der Waals surface area contributed by atoms with Crippen molar-refractivity contribution in [1.29, 1.82) is 0 Å². The van der Waals surface area contributed by atoms with Gasteiger partial charge in [0.2, 0.25) is 5.91 Å². The quantitative estimate of drug-likeness (QED) is 0.678. The molecule has 0 saturated carbocycles. The first-order valence-electron chi connectivity index (χ1n) is 8.96. The van der Waals surface area contributed by atoms with Gasteiger partial charge in [0.05, 0.1) is 7.11 Å². The van der Waals surface area contributed by atoms with E-state index in [1.54, 1.807) is 24.3 Å². The first-order chi connectivity index (χ1) is 14.5. The molecule has 0 spiro atoms. The summed E-state index contributed by atoms with van der Waals surface area (Å²) >= 11 is 0. The lowest BCUT2D eigenvalue weighted by Gasteiger charge is -2.22. The maximum Gasteiger partial charge on any atom is 0.573 e. The summed E-state index contributed by atoms with van der Waals surface area (Å²) in [6.07, 6.45) is -4.88. The fraction of sp³-hybridized carbons (Fsp3) is 0.250. The van der Waals surface area contributed by atoms with Crippen molar-refractivity contribution in [3.8, 4) is 11.5 Å². The van der Waals surface area contributed by atoms with Gasteiger partial charge in [0.25, 0.3) is 5.91 Å². The molecule has 0 unspecified atom stereocenters. The number of nitrogens with one attached hydrogen (secondary N) is 2. The second kappa shape index (κ2) is 8.17. The number of anilines is 1. The Morgan fingerprint density at radius 1 is 1.13 bits per heavy atom. The second-order valence-electron chi connectivity index (χ2n) is 6.80. The van der Waals surface area contributed by atoms with Crippen molar-refractivity contribution in [2.45, 2.75) is 18.8 Å². The average Bonchev–Trinajstić information content (AvgIpc) is 2.91. The predicted molar refractivity (Wildman–Crippen MR) is 102 cm³/mol. The van der Waals surface area contributed by atoms with Crippen molar-refractivity contribution in [2.75, 3.05) is 19.0 Å². The number of benzene rings is 2. The molecule has 1 aliphatic heterocycles. The van der Waals surface area contributed by atoms with Crippen LogP contribution >= 0.6 is 0 Å². The highest BCUT2D eigenvalue weighted by Gasteiger charge is 2.49. The van der Waals surface area contributed by atoms with E-state index < -0.39 is 42.0 Å². The van der Waals surface area contributed by atoms with Gasteiger partial charge in [-0.15, -0.1) is 13.2 Å². The summed E-state index contributed by atoms with van der Waals surface area (Å²) in [6.45, 7) is 0.881. The molecule has 1 fully saturated rings. The van der Waals surface area contributed by atoms with Crippen molar-refractivity contribution in [3.05, 3.63) is 54.1 Å². The van der Waals surface area contributed by atoms with E-state index in [0.29, 0.717) is 11.3 Å². The van der Waals surface area contributed by atoms with Crippen LogP contribution in [0.4, 0.5) is 23.7 Å². The van der Waals surface area contributed by atoms with E-state index in [2.05, 4.69) is 15.4 Å². The van der Waals surface area contributed by atoms with Gasteiger partial charge in [-0.3, -0.25) is 14.5 Å². The zero-order valence-electron chi connectivity index (χ0n) is 16.4. The summed E-state index contributed by atoms with van der Waals surface area (Å²) in [4.78, 5) is 38.3. The van der Waals surface area contributed by atoms with Crippen molar-refractivity contribution < 1.29 is 37.0 Å². The molecule has 8 nitrogen and oxygen atoms in total. The zero-order chi connectivity index (χ0) is 22.8. The van der Waals surface area contributed by atoms with Crippen LogP contribution in [0.15, 0.2) is 48.5 Å². The maximum atomic E-state index is 12.9. The van der Waals surface area contributed by atoms with Gasteiger partial charge in [-0.25, -0.2) is 4.79 Å². The van der Waals surface area contributed by atoms with Gasteiger partial charge in [-0.2, -0.15) is 0 Å². The number of carbonyl (C=O) groups excluding carboxylic acids is 3. The van der Waals surface area contributed by atoms with E-state index in [9.17, 15) is 27.6 Å². The molecule has 2 aromatic rings. The Bertz CT molecular complexity index is 1010. The predicted octanol–water partition coefficient (Wildman–Crippen LogP) is 3.00. The minimum atomic E-state index is -4.88. The minimum absolute atomic E-state index is 0.0109. The molecular formula is C20H18F3N3O5. The van der Waals surface area contributed by atoms with Crippen LogP contribution in [0.5, 0.6) is 11.5 Å². The maximum absolute atomic E-state index is 12.9. The van der Waals surface area contributed by atoms with Crippen LogP contribution in [0, 0.1) is 0 Å². The Labute approximate surface area is 174 Å². The van der Waals surface area contributed by atoms with E-state index in [-0.39, 0.29) is 5.69 Å². The Hall–Kier alpha value is -3.76. The highest BCUT2D eigenvalue weighted by atomic mass is 19.4. The number of methoxy groups -OCH3 is 1. The average molecular weight is 437 g/mol. The number of carbonyl (C=O) groups is 3. The van der Waals surface area contributed by atoms with E-state index >= 15 is 0 Å². The Kier molecular flexibility index (Phi) is 5.78. The number of urea groups is 1. The van der Waals surface area contributed by atoms with Crippen molar-refractivity contribution in [3.63, 3.8) is 0 Å². The monoisotopic (exact) mass is 437 g/mol. The number of imide groups is 1. The van der Waals surface area contributed by atoms with Crippen LogP contribution in [0.25, 0.3) is 0 Å². The summed E-state index contributed by atoms with van der Waals surface area (Å²) in [7, 11) is 1.49. The van der Waals surface area contributed by atoms with Crippen molar-refractivity contribution in [2.24, 2.45) is 0 Å². The fourth-order valence-corrected chi connectivity index (χ4v) is 3.08. The topological polar surface area (TPSA) is 97.0 Å². The molecule has 4 amide bonds. The van der Waals surface area contributed by atoms with Crippen LogP contribution < -0.4 is 20.1 Å². The summed E-state index contributed by atoms with van der Waals surface area (Å²) < 4.78 is 45.9.